The first kappa shape index (κ1) is 11.8. The van der Waals surface area contributed by atoms with Gasteiger partial charge in [0, 0.05) is 6.61 Å². The summed E-state index contributed by atoms with van der Waals surface area (Å²) in [4.78, 5) is 24.2. The average molecular weight is 244 g/mol. The molecule has 1 saturated heterocycles. The number of aromatic hydroxyl groups is 1. The summed E-state index contributed by atoms with van der Waals surface area (Å²) in [5.74, 6) is -2.30. The van der Waals surface area contributed by atoms with Crippen LogP contribution in [0.2, 0.25) is 0 Å². The minimum atomic E-state index is -1.36. The second-order valence-electron chi connectivity index (χ2n) is 4.38. The average Bonchev–Trinajstić information content (AvgIpc) is 2.69. The van der Waals surface area contributed by atoms with Crippen molar-refractivity contribution in [3.63, 3.8) is 0 Å². The summed E-state index contributed by atoms with van der Waals surface area (Å²) in [5.41, 5.74) is -2.68. The van der Waals surface area contributed by atoms with E-state index in [1.54, 1.807) is 11.9 Å². The Labute approximate surface area is 95.7 Å². The molecule has 0 bridgehead atoms. The van der Waals surface area contributed by atoms with Crippen LogP contribution in [0.4, 0.5) is 4.39 Å². The first-order valence-electron chi connectivity index (χ1n) is 5.28. The minimum Gasteiger partial charge on any atom is -0.492 e. The Morgan fingerprint density at radius 1 is 1.59 bits per heavy atom. The van der Waals surface area contributed by atoms with Gasteiger partial charge >= 0.3 is 5.69 Å². The molecule has 0 radical (unpaired) electrons. The molecule has 1 atom stereocenters. The molecule has 94 valence electrons. The molecular formula is C10H13FN2O4. The molecule has 2 N–H and O–H groups in total. The number of ether oxygens (including phenoxy) is 1. The predicted molar refractivity (Wildman–Crippen MR) is 56.5 cm³/mol. The smallest absolute Gasteiger partial charge is 0.331 e. The van der Waals surface area contributed by atoms with Gasteiger partial charge in [-0.15, -0.1) is 0 Å². The third-order valence-corrected chi connectivity index (χ3v) is 2.91. The van der Waals surface area contributed by atoms with Crippen LogP contribution in [0.25, 0.3) is 0 Å². The lowest BCUT2D eigenvalue weighted by atomic mass is 10.0. The van der Waals surface area contributed by atoms with Crippen molar-refractivity contribution in [2.24, 2.45) is 0 Å². The van der Waals surface area contributed by atoms with Gasteiger partial charge in [0.15, 0.2) is 0 Å². The first-order chi connectivity index (χ1) is 7.93. The van der Waals surface area contributed by atoms with E-state index in [1.165, 1.54) is 0 Å². The molecule has 7 heteroatoms. The lowest BCUT2D eigenvalue weighted by Gasteiger charge is -2.24. The summed E-state index contributed by atoms with van der Waals surface area (Å²) in [5, 5.41) is 9.45. The van der Waals surface area contributed by atoms with Crippen molar-refractivity contribution in [2.75, 3.05) is 6.61 Å². The van der Waals surface area contributed by atoms with Crippen LogP contribution in [0, 0.1) is 5.82 Å². The van der Waals surface area contributed by atoms with Gasteiger partial charge in [0.1, 0.15) is 0 Å². The van der Waals surface area contributed by atoms with Crippen molar-refractivity contribution >= 4 is 0 Å². The summed E-state index contributed by atoms with van der Waals surface area (Å²) in [6.45, 7) is 2.35. The molecule has 6 nitrogen and oxygen atoms in total. The zero-order valence-corrected chi connectivity index (χ0v) is 9.33. The normalized spacial score (nSPS) is 24.1. The van der Waals surface area contributed by atoms with Crippen molar-refractivity contribution in [1.29, 1.82) is 0 Å². The van der Waals surface area contributed by atoms with Crippen molar-refractivity contribution in [1.82, 2.24) is 9.55 Å². The van der Waals surface area contributed by atoms with Crippen LogP contribution in [0.5, 0.6) is 5.88 Å². The van der Waals surface area contributed by atoms with Crippen LogP contribution in [0.15, 0.2) is 9.59 Å². The monoisotopic (exact) mass is 244 g/mol. The quantitative estimate of drug-likeness (QED) is 0.764. The molecule has 0 aromatic carbocycles. The van der Waals surface area contributed by atoms with Crippen molar-refractivity contribution < 1.29 is 14.2 Å². The van der Waals surface area contributed by atoms with Crippen LogP contribution < -0.4 is 11.2 Å². The van der Waals surface area contributed by atoms with E-state index in [1.807, 2.05) is 0 Å². The van der Waals surface area contributed by atoms with Gasteiger partial charge in [-0.1, -0.05) is 0 Å². The first-order valence-corrected chi connectivity index (χ1v) is 5.28. The van der Waals surface area contributed by atoms with Gasteiger partial charge in [-0.3, -0.25) is 14.3 Å². The van der Waals surface area contributed by atoms with Crippen molar-refractivity contribution in [2.45, 2.75) is 31.9 Å². The van der Waals surface area contributed by atoms with Gasteiger partial charge in [0.05, 0.1) is 12.1 Å². The number of H-pyrrole nitrogens is 1. The van der Waals surface area contributed by atoms with Crippen LogP contribution >= 0.6 is 0 Å². The standard InChI is InChI=1S/C10H13FN2O4/c1-10(3-2-4-17-10)5-13-8(15)6(11)7(14)12-9(13)16/h15H,2-5H2,1H3,(H,12,14,16). The Kier molecular flexibility index (Phi) is 2.78. The highest BCUT2D eigenvalue weighted by atomic mass is 19.1. The fraction of sp³-hybridized carbons (Fsp3) is 0.600. The molecule has 1 unspecified atom stereocenters. The Bertz CT molecular complexity index is 542. The van der Waals surface area contributed by atoms with Gasteiger partial charge in [-0.25, -0.2) is 4.79 Å². The van der Waals surface area contributed by atoms with Gasteiger partial charge in [-0.2, -0.15) is 4.39 Å². The Balaban J connectivity index is 2.43. The molecule has 1 aromatic rings. The van der Waals surface area contributed by atoms with Gasteiger partial charge in [0.25, 0.3) is 5.56 Å². The topological polar surface area (TPSA) is 84.3 Å². The molecule has 0 aliphatic carbocycles. The summed E-state index contributed by atoms with van der Waals surface area (Å²) >= 11 is 0. The lowest BCUT2D eigenvalue weighted by Crippen LogP contribution is -2.39. The molecule has 2 heterocycles. The van der Waals surface area contributed by atoms with Gasteiger partial charge in [-0.05, 0) is 19.8 Å². The largest absolute Gasteiger partial charge is 0.492 e. The maximum atomic E-state index is 13.2. The van der Waals surface area contributed by atoms with E-state index in [0.29, 0.717) is 13.0 Å². The van der Waals surface area contributed by atoms with E-state index in [-0.39, 0.29) is 6.54 Å². The van der Waals surface area contributed by atoms with Crippen LogP contribution in [0.3, 0.4) is 0 Å². The van der Waals surface area contributed by atoms with Crippen LogP contribution in [-0.4, -0.2) is 26.9 Å². The number of aromatic nitrogens is 2. The molecular weight excluding hydrogens is 231 g/mol. The van der Waals surface area contributed by atoms with Crippen LogP contribution in [0.1, 0.15) is 19.8 Å². The van der Waals surface area contributed by atoms with E-state index in [4.69, 9.17) is 4.74 Å². The third-order valence-electron chi connectivity index (χ3n) is 2.91. The number of nitrogens with one attached hydrogen (secondary N) is 1. The van der Waals surface area contributed by atoms with Gasteiger partial charge < -0.3 is 9.84 Å². The SMILES string of the molecule is CC1(Cn2c(O)c(F)c(=O)[nH]c2=O)CCCO1. The Hall–Kier alpha value is -1.63. The summed E-state index contributed by atoms with van der Waals surface area (Å²) in [7, 11) is 0. The molecule has 1 aliphatic rings. The van der Waals surface area contributed by atoms with E-state index < -0.39 is 28.5 Å². The summed E-state index contributed by atoms with van der Waals surface area (Å²) < 4.78 is 19.4. The van der Waals surface area contributed by atoms with Gasteiger partial charge in [0.2, 0.25) is 11.7 Å². The van der Waals surface area contributed by atoms with E-state index >= 15 is 0 Å². The summed E-state index contributed by atoms with van der Waals surface area (Å²) in [6.07, 6.45) is 1.55. The lowest BCUT2D eigenvalue weighted by molar-refractivity contribution is 0.00320. The number of nitrogens with zero attached hydrogens (tertiary/aromatic N) is 1. The molecule has 1 fully saturated rings. The highest BCUT2D eigenvalue weighted by Gasteiger charge is 2.32. The minimum absolute atomic E-state index is 0.00532. The third kappa shape index (κ3) is 2.10. The predicted octanol–water partition coefficient (Wildman–Crippen LogP) is -0.0496. The highest BCUT2D eigenvalue weighted by molar-refractivity contribution is 5.10. The number of aromatic amines is 1. The molecule has 1 aliphatic heterocycles. The van der Waals surface area contributed by atoms with E-state index in [2.05, 4.69) is 0 Å². The number of rotatable bonds is 2. The van der Waals surface area contributed by atoms with E-state index in [0.717, 1.165) is 11.0 Å². The van der Waals surface area contributed by atoms with Crippen molar-refractivity contribution in [3.8, 4) is 5.88 Å². The fourth-order valence-electron chi connectivity index (χ4n) is 1.98. The molecule has 17 heavy (non-hydrogen) atoms. The zero-order valence-electron chi connectivity index (χ0n) is 9.33. The second-order valence-corrected chi connectivity index (χ2v) is 4.38. The van der Waals surface area contributed by atoms with E-state index in [9.17, 15) is 19.1 Å². The molecule has 0 amide bonds. The van der Waals surface area contributed by atoms with Crippen LogP contribution in [-0.2, 0) is 11.3 Å². The number of halogens is 1. The fourth-order valence-corrected chi connectivity index (χ4v) is 1.98. The molecule has 1 aromatic heterocycles. The zero-order chi connectivity index (χ0) is 12.6. The highest BCUT2D eigenvalue weighted by Crippen LogP contribution is 2.27. The Morgan fingerprint density at radius 2 is 2.29 bits per heavy atom. The molecule has 0 saturated carbocycles. The maximum Gasteiger partial charge on any atom is 0.331 e. The number of hydrogen-bond acceptors (Lipinski definition) is 4. The molecule has 0 spiro atoms. The second kappa shape index (κ2) is 3.99. The summed E-state index contributed by atoms with van der Waals surface area (Å²) in [6, 6.07) is 0. The number of hydrogen-bond donors (Lipinski definition) is 2. The molecule has 2 rings (SSSR count). The van der Waals surface area contributed by atoms with Crippen molar-refractivity contribution in [3.05, 3.63) is 26.7 Å². The maximum absolute atomic E-state index is 13.2. The Morgan fingerprint density at radius 3 is 2.88 bits per heavy atom.